The van der Waals surface area contributed by atoms with Crippen LogP contribution in [0.3, 0.4) is 0 Å². The van der Waals surface area contributed by atoms with Gasteiger partial charge in [0.25, 0.3) is 0 Å². The van der Waals surface area contributed by atoms with Gasteiger partial charge in [0.05, 0.1) is 7.11 Å². The van der Waals surface area contributed by atoms with Crippen LogP contribution in [0.5, 0.6) is 5.75 Å². The molecule has 0 radical (unpaired) electrons. The third-order valence-electron chi connectivity index (χ3n) is 2.07. The molecule has 0 fully saturated rings. The Labute approximate surface area is 88.5 Å². The molecule has 0 aliphatic rings. The highest BCUT2D eigenvalue weighted by Gasteiger charge is 2.01. The summed E-state index contributed by atoms with van der Waals surface area (Å²) < 4.78 is 4.37. The summed E-state index contributed by atoms with van der Waals surface area (Å²) in [7, 11) is 1.28. The quantitative estimate of drug-likeness (QED) is 0.431. The smallest absolute Gasteiger partial charge is 0.352 e. The number of carbonyl (C=O) groups excluding carboxylic acids is 1. The van der Waals surface area contributed by atoms with Gasteiger partial charge in [0, 0.05) is 0 Å². The average molecular weight is 207 g/mol. The first-order chi connectivity index (χ1) is 7.15. The fourth-order valence-corrected chi connectivity index (χ4v) is 1.00. The SMILES string of the molecule is COC(=O)/C=N/Oc1cccc(C)c1C. The van der Waals surface area contributed by atoms with E-state index < -0.39 is 5.97 Å². The van der Waals surface area contributed by atoms with E-state index in [9.17, 15) is 4.79 Å². The van der Waals surface area contributed by atoms with Crippen molar-refractivity contribution in [2.24, 2.45) is 5.16 Å². The van der Waals surface area contributed by atoms with Crippen molar-refractivity contribution in [2.45, 2.75) is 13.8 Å². The molecule has 1 rings (SSSR count). The van der Waals surface area contributed by atoms with Crippen LogP contribution in [0.4, 0.5) is 0 Å². The molecule has 0 atom stereocenters. The van der Waals surface area contributed by atoms with Crippen molar-refractivity contribution in [3.63, 3.8) is 0 Å². The molecule has 0 heterocycles. The summed E-state index contributed by atoms with van der Waals surface area (Å²) in [5.41, 5.74) is 2.11. The number of ether oxygens (including phenoxy) is 1. The zero-order valence-electron chi connectivity index (χ0n) is 8.98. The molecule has 0 aromatic heterocycles. The number of aryl methyl sites for hydroxylation is 1. The Morgan fingerprint density at radius 3 is 2.80 bits per heavy atom. The lowest BCUT2D eigenvalue weighted by Gasteiger charge is -2.04. The normalized spacial score (nSPS) is 10.3. The van der Waals surface area contributed by atoms with E-state index in [1.54, 1.807) is 6.07 Å². The zero-order chi connectivity index (χ0) is 11.3. The first-order valence-electron chi connectivity index (χ1n) is 4.49. The highest BCUT2D eigenvalue weighted by Crippen LogP contribution is 2.20. The number of esters is 1. The molecule has 80 valence electrons. The molecule has 0 N–H and O–H groups in total. The third kappa shape index (κ3) is 3.09. The van der Waals surface area contributed by atoms with Crippen molar-refractivity contribution in [3.05, 3.63) is 29.3 Å². The number of hydrogen-bond donors (Lipinski definition) is 0. The maximum Gasteiger partial charge on any atom is 0.352 e. The summed E-state index contributed by atoms with van der Waals surface area (Å²) in [5.74, 6) is 0.0930. The van der Waals surface area contributed by atoms with Crippen molar-refractivity contribution in [1.29, 1.82) is 0 Å². The van der Waals surface area contributed by atoms with E-state index in [1.807, 2.05) is 26.0 Å². The molecule has 4 heteroatoms. The Balaban J connectivity index is 2.70. The van der Waals surface area contributed by atoms with Crippen molar-refractivity contribution in [3.8, 4) is 5.75 Å². The van der Waals surface area contributed by atoms with Crippen molar-refractivity contribution in [1.82, 2.24) is 0 Å². The van der Waals surface area contributed by atoms with E-state index >= 15 is 0 Å². The number of oxime groups is 1. The number of carbonyl (C=O) groups is 1. The number of methoxy groups -OCH3 is 1. The van der Waals surface area contributed by atoms with Gasteiger partial charge in [-0.15, -0.1) is 0 Å². The highest BCUT2D eigenvalue weighted by molar-refractivity contribution is 6.22. The number of hydrogen-bond acceptors (Lipinski definition) is 4. The van der Waals surface area contributed by atoms with Gasteiger partial charge in [-0.05, 0) is 31.0 Å². The molecule has 0 aliphatic carbocycles. The van der Waals surface area contributed by atoms with Crippen LogP contribution in [0.25, 0.3) is 0 Å². The minimum atomic E-state index is -0.541. The molecular weight excluding hydrogens is 194 g/mol. The molecule has 0 bridgehead atoms. The van der Waals surface area contributed by atoms with E-state index in [1.165, 1.54) is 7.11 Å². The monoisotopic (exact) mass is 207 g/mol. The molecular formula is C11H13NO3. The average Bonchev–Trinajstić information content (AvgIpc) is 2.24. The Morgan fingerprint density at radius 2 is 2.13 bits per heavy atom. The Bertz CT molecular complexity index is 385. The van der Waals surface area contributed by atoms with Crippen molar-refractivity contribution >= 4 is 12.2 Å². The third-order valence-corrected chi connectivity index (χ3v) is 2.07. The summed E-state index contributed by atoms with van der Waals surface area (Å²) >= 11 is 0. The van der Waals surface area contributed by atoms with Crippen LogP contribution >= 0.6 is 0 Å². The van der Waals surface area contributed by atoms with Gasteiger partial charge in [0.2, 0.25) is 0 Å². The van der Waals surface area contributed by atoms with E-state index in [-0.39, 0.29) is 0 Å². The molecule has 15 heavy (non-hydrogen) atoms. The second-order valence-corrected chi connectivity index (χ2v) is 3.05. The maximum absolute atomic E-state index is 10.7. The molecule has 0 saturated carbocycles. The van der Waals surface area contributed by atoms with Crippen LogP contribution < -0.4 is 4.84 Å². The standard InChI is InChI=1S/C11H13NO3/c1-8-5-4-6-10(9(8)2)15-12-7-11(13)14-3/h4-7H,1-3H3/b12-7+. The Kier molecular flexibility index (Phi) is 3.85. The van der Waals surface area contributed by atoms with Gasteiger partial charge in [-0.3, -0.25) is 0 Å². The number of rotatable bonds is 3. The first kappa shape index (κ1) is 11.2. The second-order valence-electron chi connectivity index (χ2n) is 3.05. The van der Waals surface area contributed by atoms with Crippen molar-refractivity contribution in [2.75, 3.05) is 7.11 Å². The summed E-state index contributed by atoms with van der Waals surface area (Å²) in [5, 5.41) is 3.51. The van der Waals surface area contributed by atoms with Gasteiger partial charge in [0.15, 0.2) is 12.0 Å². The number of benzene rings is 1. The fourth-order valence-electron chi connectivity index (χ4n) is 1.00. The second kappa shape index (κ2) is 5.14. The minimum Gasteiger partial charge on any atom is -0.465 e. The maximum atomic E-state index is 10.7. The fraction of sp³-hybridized carbons (Fsp3) is 0.273. The van der Waals surface area contributed by atoms with E-state index in [0.717, 1.165) is 17.3 Å². The molecule has 1 aromatic carbocycles. The van der Waals surface area contributed by atoms with Gasteiger partial charge in [-0.25, -0.2) is 4.79 Å². The lowest BCUT2D eigenvalue weighted by molar-refractivity contribution is -0.132. The summed E-state index contributed by atoms with van der Waals surface area (Å²) in [6.45, 7) is 3.91. The molecule has 1 aromatic rings. The Hall–Kier alpha value is -1.84. The van der Waals surface area contributed by atoms with Crippen LogP contribution in [0.2, 0.25) is 0 Å². The van der Waals surface area contributed by atoms with Crippen LogP contribution in [0, 0.1) is 13.8 Å². The van der Waals surface area contributed by atoms with Crippen LogP contribution in [-0.2, 0) is 9.53 Å². The largest absolute Gasteiger partial charge is 0.465 e. The van der Waals surface area contributed by atoms with Crippen molar-refractivity contribution < 1.29 is 14.4 Å². The molecule has 0 aliphatic heterocycles. The van der Waals surface area contributed by atoms with Crippen LogP contribution in [0.15, 0.2) is 23.4 Å². The van der Waals surface area contributed by atoms with Gasteiger partial charge in [-0.1, -0.05) is 17.3 Å². The number of nitrogens with zero attached hydrogens (tertiary/aromatic N) is 1. The molecule has 4 nitrogen and oxygen atoms in total. The van der Waals surface area contributed by atoms with E-state index in [4.69, 9.17) is 4.84 Å². The highest BCUT2D eigenvalue weighted by atomic mass is 16.6. The van der Waals surface area contributed by atoms with E-state index in [2.05, 4.69) is 9.89 Å². The lowest BCUT2D eigenvalue weighted by atomic mass is 10.1. The summed E-state index contributed by atoms with van der Waals surface area (Å²) in [4.78, 5) is 15.8. The summed E-state index contributed by atoms with van der Waals surface area (Å²) in [6, 6.07) is 5.63. The molecule has 0 spiro atoms. The lowest BCUT2D eigenvalue weighted by Crippen LogP contribution is -2.02. The Morgan fingerprint density at radius 1 is 1.40 bits per heavy atom. The predicted octanol–water partition coefficient (Wildman–Crippen LogP) is 1.84. The molecule has 0 saturated heterocycles. The predicted molar refractivity (Wildman–Crippen MR) is 57.1 cm³/mol. The van der Waals surface area contributed by atoms with Crippen LogP contribution in [-0.4, -0.2) is 19.3 Å². The van der Waals surface area contributed by atoms with E-state index in [0.29, 0.717) is 5.75 Å². The first-order valence-corrected chi connectivity index (χ1v) is 4.49. The molecule has 0 amide bonds. The van der Waals surface area contributed by atoms with Gasteiger partial charge in [0.1, 0.15) is 0 Å². The van der Waals surface area contributed by atoms with Gasteiger partial charge < -0.3 is 9.57 Å². The van der Waals surface area contributed by atoms with Gasteiger partial charge >= 0.3 is 5.97 Å². The molecule has 0 unspecified atom stereocenters. The van der Waals surface area contributed by atoms with Crippen LogP contribution in [0.1, 0.15) is 11.1 Å². The van der Waals surface area contributed by atoms with Gasteiger partial charge in [-0.2, -0.15) is 0 Å². The topological polar surface area (TPSA) is 47.9 Å². The zero-order valence-corrected chi connectivity index (χ0v) is 8.98. The summed E-state index contributed by atoms with van der Waals surface area (Å²) in [6.07, 6.45) is 0.988. The minimum absolute atomic E-state index is 0.541.